The summed E-state index contributed by atoms with van der Waals surface area (Å²) >= 11 is 0. The van der Waals surface area contributed by atoms with Crippen LogP contribution in [0, 0.1) is 0 Å². The Balaban J connectivity index is 2.53. The fraction of sp³-hybridized carbons (Fsp3) is 0.364. The second-order valence-electron chi connectivity index (χ2n) is 7.10. The summed E-state index contributed by atoms with van der Waals surface area (Å²) in [6, 6.07) is 15.0. The number of ether oxygens (including phenoxy) is 1. The lowest BCUT2D eigenvalue weighted by Gasteiger charge is -2.31. The predicted octanol–water partition coefficient (Wildman–Crippen LogP) is 3.87. The van der Waals surface area contributed by atoms with Crippen molar-refractivity contribution in [2.24, 2.45) is 5.73 Å². The topological polar surface area (TPSA) is 72.6 Å². The van der Waals surface area contributed by atoms with Crippen molar-refractivity contribution in [1.29, 1.82) is 0 Å². The van der Waals surface area contributed by atoms with Crippen molar-refractivity contribution in [3.63, 3.8) is 0 Å². The Hall–Kier alpha value is -2.82. The number of carbonyl (C=O) groups is 2. The molecule has 1 atom stereocenters. The largest absolute Gasteiger partial charge is 0.480 e. The van der Waals surface area contributed by atoms with Crippen LogP contribution in [-0.4, -0.2) is 34.9 Å². The van der Waals surface area contributed by atoms with Crippen LogP contribution in [0.2, 0.25) is 0 Å². The van der Waals surface area contributed by atoms with E-state index in [1.54, 1.807) is 13.0 Å². The molecule has 2 aromatic rings. The van der Waals surface area contributed by atoms with Gasteiger partial charge in [-0.25, -0.2) is 0 Å². The number of para-hydroxylation sites is 1. The summed E-state index contributed by atoms with van der Waals surface area (Å²) in [5.41, 5.74) is 7.45. The maximum absolute atomic E-state index is 13.3. The zero-order valence-electron chi connectivity index (χ0n) is 16.6. The molecule has 0 aromatic heterocycles. The van der Waals surface area contributed by atoms with Gasteiger partial charge in [0.1, 0.15) is 5.75 Å². The number of hydrogen-bond acceptors (Lipinski definition) is 3. The highest BCUT2D eigenvalue weighted by molar-refractivity contribution is 6.01. The zero-order chi connectivity index (χ0) is 20.1. The highest BCUT2D eigenvalue weighted by Gasteiger charge is 2.25. The molecular formula is C22H28N2O3. The summed E-state index contributed by atoms with van der Waals surface area (Å²) in [4.78, 5) is 26.5. The Kier molecular flexibility index (Phi) is 6.61. The molecule has 0 unspecified atom stereocenters. The molecule has 2 amide bonds. The molecule has 0 radical (unpaired) electrons. The van der Waals surface area contributed by atoms with Crippen molar-refractivity contribution in [3.8, 4) is 16.9 Å². The van der Waals surface area contributed by atoms with Crippen LogP contribution in [0.5, 0.6) is 5.75 Å². The van der Waals surface area contributed by atoms with Gasteiger partial charge in [-0.3, -0.25) is 9.59 Å². The van der Waals surface area contributed by atoms with Crippen molar-refractivity contribution in [2.45, 2.75) is 52.8 Å². The molecule has 2 N–H and O–H groups in total. The number of primary amides is 1. The third-order valence-corrected chi connectivity index (χ3v) is 4.39. The van der Waals surface area contributed by atoms with Crippen molar-refractivity contribution >= 4 is 11.8 Å². The van der Waals surface area contributed by atoms with Crippen molar-refractivity contribution < 1.29 is 14.3 Å². The van der Waals surface area contributed by atoms with Crippen LogP contribution in [0.1, 0.15) is 45.0 Å². The van der Waals surface area contributed by atoms with E-state index in [2.05, 4.69) is 0 Å². The summed E-state index contributed by atoms with van der Waals surface area (Å²) in [5.74, 6) is -0.0574. The molecule has 5 nitrogen and oxygen atoms in total. The highest BCUT2D eigenvalue weighted by Crippen LogP contribution is 2.34. The molecule has 0 fully saturated rings. The van der Waals surface area contributed by atoms with E-state index in [0.29, 0.717) is 11.3 Å². The number of rotatable bonds is 7. The van der Waals surface area contributed by atoms with Gasteiger partial charge in [-0.2, -0.15) is 0 Å². The molecule has 0 bridgehead atoms. The maximum atomic E-state index is 13.3. The first-order valence-corrected chi connectivity index (χ1v) is 9.21. The van der Waals surface area contributed by atoms with Gasteiger partial charge >= 0.3 is 0 Å². The quantitative estimate of drug-likeness (QED) is 0.806. The average Bonchev–Trinajstić information content (AvgIpc) is 2.61. The molecule has 0 aliphatic rings. The van der Waals surface area contributed by atoms with Crippen LogP contribution in [0.15, 0.2) is 48.5 Å². The molecule has 0 heterocycles. The van der Waals surface area contributed by atoms with Gasteiger partial charge < -0.3 is 15.4 Å². The number of carbonyl (C=O) groups excluding carboxylic acids is 2. The molecule has 5 heteroatoms. The van der Waals surface area contributed by atoms with E-state index >= 15 is 0 Å². The van der Waals surface area contributed by atoms with Crippen LogP contribution < -0.4 is 10.5 Å². The highest BCUT2D eigenvalue weighted by atomic mass is 16.5. The molecule has 0 saturated carbocycles. The van der Waals surface area contributed by atoms with E-state index in [1.807, 2.05) is 75.1 Å². The fourth-order valence-corrected chi connectivity index (χ4v) is 3.15. The summed E-state index contributed by atoms with van der Waals surface area (Å²) < 4.78 is 5.75. The molecule has 0 aliphatic carbocycles. The van der Waals surface area contributed by atoms with Gasteiger partial charge in [0.25, 0.3) is 11.8 Å². The second-order valence-corrected chi connectivity index (χ2v) is 7.10. The lowest BCUT2D eigenvalue weighted by Crippen LogP contribution is -2.42. The minimum Gasteiger partial charge on any atom is -0.480 e. The Morgan fingerprint density at radius 2 is 1.37 bits per heavy atom. The molecule has 0 aliphatic heterocycles. The summed E-state index contributed by atoms with van der Waals surface area (Å²) in [7, 11) is 0. The Morgan fingerprint density at radius 1 is 0.852 bits per heavy atom. The molecule has 27 heavy (non-hydrogen) atoms. The van der Waals surface area contributed by atoms with Crippen LogP contribution in [0.4, 0.5) is 0 Å². The lowest BCUT2D eigenvalue weighted by atomic mass is 9.97. The van der Waals surface area contributed by atoms with Gasteiger partial charge in [0.15, 0.2) is 6.10 Å². The second kappa shape index (κ2) is 8.71. The minimum absolute atomic E-state index is 0.0339. The van der Waals surface area contributed by atoms with Gasteiger partial charge in [0.05, 0.1) is 0 Å². The number of nitrogens with zero attached hydrogens (tertiary/aromatic N) is 1. The normalized spacial score (nSPS) is 12.1. The Morgan fingerprint density at radius 3 is 1.93 bits per heavy atom. The SMILES string of the molecule is CC(C)N(C(=O)c1ccccc1-c1ccccc1O[C@@H](C)C(N)=O)C(C)C. The molecule has 2 aromatic carbocycles. The number of benzene rings is 2. The number of nitrogens with two attached hydrogens (primary N) is 1. The van der Waals surface area contributed by atoms with Gasteiger partial charge in [-0.05, 0) is 52.3 Å². The number of hydrogen-bond donors (Lipinski definition) is 1. The van der Waals surface area contributed by atoms with E-state index in [9.17, 15) is 9.59 Å². The first kappa shape index (κ1) is 20.5. The summed E-state index contributed by atoms with van der Waals surface area (Å²) in [6.45, 7) is 9.63. The summed E-state index contributed by atoms with van der Waals surface area (Å²) in [5, 5.41) is 0. The van der Waals surface area contributed by atoms with Gasteiger partial charge in [-0.15, -0.1) is 0 Å². The Labute approximate surface area is 161 Å². The van der Waals surface area contributed by atoms with Gasteiger partial charge in [0.2, 0.25) is 0 Å². The maximum Gasteiger partial charge on any atom is 0.258 e. The zero-order valence-corrected chi connectivity index (χ0v) is 16.6. The lowest BCUT2D eigenvalue weighted by molar-refractivity contribution is -0.123. The van der Waals surface area contributed by atoms with Gasteiger partial charge in [-0.1, -0.05) is 36.4 Å². The number of amides is 2. The van der Waals surface area contributed by atoms with E-state index in [4.69, 9.17) is 10.5 Å². The standard InChI is InChI=1S/C22H28N2O3/c1-14(2)24(15(3)4)22(26)19-12-7-6-10-17(19)18-11-8-9-13-20(18)27-16(5)21(23)25/h6-16H,1-5H3,(H2,23,25)/t16-/m0/s1. The van der Waals surface area contributed by atoms with Crippen LogP contribution in [0.25, 0.3) is 11.1 Å². The molecule has 0 saturated heterocycles. The van der Waals surface area contributed by atoms with Crippen molar-refractivity contribution in [2.75, 3.05) is 0 Å². The third kappa shape index (κ3) is 4.67. The Bertz CT molecular complexity index is 807. The van der Waals surface area contributed by atoms with E-state index < -0.39 is 12.0 Å². The molecule has 144 valence electrons. The van der Waals surface area contributed by atoms with Crippen molar-refractivity contribution in [3.05, 3.63) is 54.1 Å². The van der Waals surface area contributed by atoms with Crippen LogP contribution in [-0.2, 0) is 4.79 Å². The van der Waals surface area contributed by atoms with Gasteiger partial charge in [0, 0.05) is 23.2 Å². The van der Waals surface area contributed by atoms with E-state index in [1.165, 1.54) is 0 Å². The van der Waals surface area contributed by atoms with Crippen LogP contribution >= 0.6 is 0 Å². The third-order valence-electron chi connectivity index (χ3n) is 4.39. The van der Waals surface area contributed by atoms with Crippen LogP contribution in [0.3, 0.4) is 0 Å². The molecule has 0 spiro atoms. The molecule has 2 rings (SSSR count). The molecular weight excluding hydrogens is 340 g/mol. The monoisotopic (exact) mass is 368 g/mol. The van der Waals surface area contributed by atoms with E-state index in [0.717, 1.165) is 11.1 Å². The first-order valence-electron chi connectivity index (χ1n) is 9.21. The predicted molar refractivity (Wildman–Crippen MR) is 108 cm³/mol. The van der Waals surface area contributed by atoms with Crippen molar-refractivity contribution in [1.82, 2.24) is 4.90 Å². The van der Waals surface area contributed by atoms with E-state index in [-0.39, 0.29) is 18.0 Å². The first-order chi connectivity index (χ1) is 12.7. The minimum atomic E-state index is -0.767. The smallest absolute Gasteiger partial charge is 0.258 e. The fourth-order valence-electron chi connectivity index (χ4n) is 3.15. The summed E-state index contributed by atoms with van der Waals surface area (Å²) in [6.07, 6.45) is -0.767. The average molecular weight is 368 g/mol.